The number of amides is 1. The second-order valence-corrected chi connectivity index (χ2v) is 11.3. The molecule has 1 aliphatic rings. The van der Waals surface area contributed by atoms with E-state index in [1.54, 1.807) is 6.07 Å². The summed E-state index contributed by atoms with van der Waals surface area (Å²) in [6, 6.07) is 5.46. The molecule has 0 aliphatic carbocycles. The lowest BCUT2D eigenvalue weighted by Gasteiger charge is -2.29. The van der Waals surface area contributed by atoms with Crippen LogP contribution in [0.15, 0.2) is 22.5 Å². The monoisotopic (exact) mass is 480 g/mol. The summed E-state index contributed by atoms with van der Waals surface area (Å²) in [6.45, 7) is 0.718. The first-order valence-corrected chi connectivity index (χ1v) is 12.8. The number of hydrogen-bond donors (Lipinski definition) is 1. The molecule has 0 bridgehead atoms. The van der Waals surface area contributed by atoms with Gasteiger partial charge in [0.25, 0.3) is 0 Å². The van der Waals surface area contributed by atoms with Crippen LogP contribution >= 0.6 is 46.3 Å². The van der Waals surface area contributed by atoms with Gasteiger partial charge < -0.3 is 5.32 Å². The van der Waals surface area contributed by atoms with E-state index in [1.807, 2.05) is 12.1 Å². The number of sulfonamides is 1. The normalized spacial score (nSPS) is 16.2. The predicted octanol–water partition coefficient (Wildman–Crippen LogP) is 3.75. The van der Waals surface area contributed by atoms with E-state index in [2.05, 4.69) is 15.5 Å². The molecule has 1 N–H and O–H groups in total. The van der Waals surface area contributed by atoms with E-state index in [0.29, 0.717) is 46.9 Å². The Bertz CT molecular complexity index is 960. The van der Waals surface area contributed by atoms with Crippen molar-refractivity contribution in [2.75, 3.05) is 24.7 Å². The van der Waals surface area contributed by atoms with Crippen molar-refractivity contribution in [3.8, 4) is 0 Å². The molecule has 1 saturated heterocycles. The van der Waals surface area contributed by atoms with Crippen LogP contribution in [-0.4, -0.2) is 48.2 Å². The van der Waals surface area contributed by atoms with Gasteiger partial charge in [0.15, 0.2) is 4.34 Å². The number of benzene rings is 1. The van der Waals surface area contributed by atoms with Gasteiger partial charge in [0.2, 0.25) is 21.1 Å². The van der Waals surface area contributed by atoms with Crippen LogP contribution in [0.5, 0.6) is 0 Å². The van der Waals surface area contributed by atoms with Crippen LogP contribution in [0.2, 0.25) is 10.0 Å². The third kappa shape index (κ3) is 5.80. The molecule has 28 heavy (non-hydrogen) atoms. The van der Waals surface area contributed by atoms with Gasteiger partial charge in [0, 0.05) is 24.8 Å². The largest absolute Gasteiger partial charge is 0.300 e. The number of thioether (sulfide) groups is 1. The highest BCUT2D eigenvalue weighted by molar-refractivity contribution is 8.00. The second-order valence-electron chi connectivity index (χ2n) is 6.34. The van der Waals surface area contributed by atoms with Crippen molar-refractivity contribution in [1.82, 2.24) is 14.5 Å². The molecule has 1 fully saturated rings. The third-order valence-electron chi connectivity index (χ3n) is 4.28. The predicted molar refractivity (Wildman–Crippen MR) is 114 cm³/mol. The lowest BCUT2D eigenvalue weighted by Crippen LogP contribution is -2.40. The smallest absolute Gasteiger partial charge is 0.229 e. The standard InChI is InChI=1S/C16H18Cl2N4O3S3/c1-28(24,25)22-6-4-11(5-7-22)14(23)19-15-20-21-16(27-15)26-9-10-2-3-12(17)13(18)8-10/h2-3,8,11H,4-7,9H2,1H3,(H,19,20,23). The molecule has 3 rings (SSSR count). The van der Waals surface area contributed by atoms with Crippen molar-refractivity contribution in [2.45, 2.75) is 22.9 Å². The van der Waals surface area contributed by atoms with E-state index in [4.69, 9.17) is 23.2 Å². The lowest BCUT2D eigenvalue weighted by atomic mass is 9.97. The van der Waals surface area contributed by atoms with Gasteiger partial charge in [-0.2, -0.15) is 0 Å². The lowest BCUT2D eigenvalue weighted by molar-refractivity contribution is -0.120. The number of halogens is 2. The molecule has 12 heteroatoms. The number of anilines is 1. The first kappa shape index (κ1) is 21.8. The van der Waals surface area contributed by atoms with Gasteiger partial charge >= 0.3 is 0 Å². The molecule has 1 aliphatic heterocycles. The Morgan fingerprint density at radius 3 is 2.64 bits per heavy atom. The summed E-state index contributed by atoms with van der Waals surface area (Å²) in [7, 11) is -3.20. The maximum Gasteiger partial charge on any atom is 0.229 e. The molecule has 0 unspecified atom stereocenters. The molecule has 7 nitrogen and oxygen atoms in total. The van der Waals surface area contributed by atoms with Gasteiger partial charge in [0.1, 0.15) is 0 Å². The maximum atomic E-state index is 12.4. The number of nitrogens with one attached hydrogen (secondary N) is 1. The summed E-state index contributed by atoms with van der Waals surface area (Å²) < 4.78 is 25.2. The Morgan fingerprint density at radius 1 is 1.29 bits per heavy atom. The first-order valence-electron chi connectivity index (χ1n) is 8.38. The van der Waals surface area contributed by atoms with Crippen LogP contribution in [0.25, 0.3) is 0 Å². The zero-order valence-electron chi connectivity index (χ0n) is 14.9. The summed E-state index contributed by atoms with van der Waals surface area (Å²) in [5.41, 5.74) is 1.01. The minimum absolute atomic E-state index is 0.148. The van der Waals surface area contributed by atoms with Crippen molar-refractivity contribution < 1.29 is 13.2 Å². The highest BCUT2D eigenvalue weighted by Crippen LogP contribution is 2.31. The van der Waals surface area contributed by atoms with Crippen molar-refractivity contribution in [3.05, 3.63) is 33.8 Å². The van der Waals surface area contributed by atoms with E-state index in [0.717, 1.165) is 9.90 Å². The van der Waals surface area contributed by atoms with E-state index in [-0.39, 0.29) is 11.8 Å². The SMILES string of the molecule is CS(=O)(=O)N1CCC(C(=O)Nc2nnc(SCc3ccc(Cl)c(Cl)c3)s2)CC1. The fraction of sp³-hybridized carbons (Fsp3) is 0.438. The first-order chi connectivity index (χ1) is 13.2. The number of aromatic nitrogens is 2. The summed E-state index contributed by atoms with van der Waals surface area (Å²) in [5.74, 6) is 0.281. The zero-order chi connectivity index (χ0) is 20.3. The Morgan fingerprint density at radius 2 is 2.00 bits per heavy atom. The van der Waals surface area contributed by atoms with Crippen LogP contribution in [0.3, 0.4) is 0 Å². The van der Waals surface area contributed by atoms with E-state index < -0.39 is 10.0 Å². The summed E-state index contributed by atoms with van der Waals surface area (Å²) >= 11 is 14.7. The van der Waals surface area contributed by atoms with Crippen molar-refractivity contribution in [3.63, 3.8) is 0 Å². The minimum Gasteiger partial charge on any atom is -0.300 e. The minimum atomic E-state index is -3.20. The van der Waals surface area contributed by atoms with Gasteiger partial charge in [-0.25, -0.2) is 12.7 Å². The highest BCUT2D eigenvalue weighted by atomic mass is 35.5. The molecule has 0 spiro atoms. The molecule has 1 amide bonds. The second kappa shape index (κ2) is 9.27. The third-order valence-corrected chi connectivity index (χ3v) is 8.36. The van der Waals surface area contributed by atoms with Crippen LogP contribution < -0.4 is 5.32 Å². The van der Waals surface area contributed by atoms with E-state index in [9.17, 15) is 13.2 Å². The van der Waals surface area contributed by atoms with E-state index in [1.165, 1.54) is 33.7 Å². The molecule has 1 aromatic carbocycles. The molecule has 0 radical (unpaired) electrons. The molecule has 2 heterocycles. The number of nitrogens with zero attached hydrogens (tertiary/aromatic N) is 3. The Labute approximate surface area is 181 Å². The quantitative estimate of drug-likeness (QED) is 0.499. The van der Waals surface area contributed by atoms with Gasteiger partial charge in [-0.1, -0.05) is 52.4 Å². The number of carbonyl (C=O) groups excluding carboxylic acids is 1. The van der Waals surface area contributed by atoms with Crippen LogP contribution in [0.4, 0.5) is 5.13 Å². The number of rotatable bonds is 6. The summed E-state index contributed by atoms with van der Waals surface area (Å²) in [6.07, 6.45) is 2.18. The molecule has 152 valence electrons. The van der Waals surface area contributed by atoms with Crippen molar-refractivity contribution >= 4 is 67.4 Å². The van der Waals surface area contributed by atoms with Crippen LogP contribution in [0.1, 0.15) is 18.4 Å². The average molecular weight is 481 g/mol. The Hall–Kier alpha value is -0.910. The molecular formula is C16H18Cl2N4O3S3. The van der Waals surface area contributed by atoms with Gasteiger partial charge in [0.05, 0.1) is 16.3 Å². The molecule has 0 atom stereocenters. The van der Waals surface area contributed by atoms with E-state index >= 15 is 0 Å². The Kier molecular flexibility index (Phi) is 7.21. The van der Waals surface area contributed by atoms with Crippen molar-refractivity contribution in [1.29, 1.82) is 0 Å². The maximum absolute atomic E-state index is 12.4. The zero-order valence-corrected chi connectivity index (χ0v) is 18.9. The van der Waals surface area contributed by atoms with Crippen LogP contribution in [0, 0.1) is 5.92 Å². The molecular weight excluding hydrogens is 463 g/mol. The number of piperidine rings is 1. The van der Waals surface area contributed by atoms with Crippen LogP contribution in [-0.2, 0) is 20.6 Å². The molecule has 0 saturated carbocycles. The summed E-state index contributed by atoms with van der Waals surface area (Å²) in [5, 5.41) is 12.3. The summed E-state index contributed by atoms with van der Waals surface area (Å²) in [4.78, 5) is 12.4. The topological polar surface area (TPSA) is 92.3 Å². The number of carbonyl (C=O) groups is 1. The fourth-order valence-electron chi connectivity index (χ4n) is 2.75. The number of hydrogen-bond acceptors (Lipinski definition) is 7. The van der Waals surface area contributed by atoms with Gasteiger partial charge in [-0.3, -0.25) is 4.79 Å². The highest BCUT2D eigenvalue weighted by Gasteiger charge is 2.29. The molecule has 2 aromatic rings. The molecule has 1 aromatic heterocycles. The average Bonchev–Trinajstić information content (AvgIpc) is 3.09. The van der Waals surface area contributed by atoms with Crippen molar-refractivity contribution in [2.24, 2.45) is 5.92 Å². The van der Waals surface area contributed by atoms with Gasteiger partial charge in [-0.15, -0.1) is 10.2 Å². The van der Waals surface area contributed by atoms with Gasteiger partial charge in [-0.05, 0) is 30.5 Å². The Balaban J connectivity index is 1.50. The fourth-order valence-corrected chi connectivity index (χ4v) is 5.64.